The minimum absolute atomic E-state index is 0.0191. The summed E-state index contributed by atoms with van der Waals surface area (Å²) in [4.78, 5) is 17.9. The number of anilines is 1. The molecule has 4 heteroatoms. The van der Waals surface area contributed by atoms with E-state index in [1.54, 1.807) is 0 Å². The number of rotatable bonds is 0. The SMILES string of the molecule is O=C1Cc2ccccc2N2CCN=C2N1. The highest BCUT2D eigenvalue weighted by atomic mass is 16.1. The molecule has 4 nitrogen and oxygen atoms in total. The highest BCUT2D eigenvalue weighted by Crippen LogP contribution is 2.24. The summed E-state index contributed by atoms with van der Waals surface area (Å²) in [6, 6.07) is 7.99. The summed E-state index contributed by atoms with van der Waals surface area (Å²) >= 11 is 0. The van der Waals surface area contributed by atoms with Gasteiger partial charge in [0, 0.05) is 12.2 Å². The number of amides is 1. The Morgan fingerprint density at radius 1 is 1.33 bits per heavy atom. The van der Waals surface area contributed by atoms with Crippen LogP contribution in [0.25, 0.3) is 0 Å². The van der Waals surface area contributed by atoms with E-state index in [1.165, 1.54) is 0 Å². The second-order valence-electron chi connectivity index (χ2n) is 3.71. The van der Waals surface area contributed by atoms with E-state index in [-0.39, 0.29) is 5.91 Å². The third kappa shape index (κ3) is 1.29. The predicted molar refractivity (Wildman–Crippen MR) is 57.9 cm³/mol. The third-order valence-electron chi connectivity index (χ3n) is 2.73. The molecule has 3 rings (SSSR count). The number of nitrogens with one attached hydrogen (secondary N) is 1. The number of para-hydroxylation sites is 1. The van der Waals surface area contributed by atoms with Crippen LogP contribution < -0.4 is 10.2 Å². The van der Waals surface area contributed by atoms with E-state index in [4.69, 9.17) is 0 Å². The van der Waals surface area contributed by atoms with Gasteiger partial charge in [-0.25, -0.2) is 0 Å². The van der Waals surface area contributed by atoms with Gasteiger partial charge in [0.25, 0.3) is 0 Å². The lowest BCUT2D eigenvalue weighted by molar-refractivity contribution is -0.119. The van der Waals surface area contributed by atoms with Crippen molar-refractivity contribution in [2.45, 2.75) is 6.42 Å². The van der Waals surface area contributed by atoms with Gasteiger partial charge in [-0.3, -0.25) is 15.1 Å². The van der Waals surface area contributed by atoms with Crippen LogP contribution in [0.2, 0.25) is 0 Å². The summed E-state index contributed by atoms with van der Waals surface area (Å²) in [5, 5.41) is 2.82. The molecular weight excluding hydrogens is 190 g/mol. The predicted octanol–water partition coefficient (Wildman–Crippen LogP) is 0.535. The average Bonchev–Trinajstić information content (AvgIpc) is 2.62. The normalized spacial score (nSPS) is 18.8. The summed E-state index contributed by atoms with van der Waals surface area (Å²) in [7, 11) is 0. The summed E-state index contributed by atoms with van der Waals surface area (Å²) in [6.07, 6.45) is 0.436. The molecule has 0 saturated carbocycles. The molecule has 0 atom stereocenters. The molecule has 2 heterocycles. The number of aliphatic imine (C=N–C) groups is 1. The molecule has 0 radical (unpaired) electrons. The smallest absolute Gasteiger partial charge is 0.231 e. The van der Waals surface area contributed by atoms with Gasteiger partial charge in [0.05, 0.1) is 13.0 Å². The van der Waals surface area contributed by atoms with E-state index in [0.29, 0.717) is 12.4 Å². The summed E-state index contributed by atoms with van der Waals surface area (Å²) in [5.41, 5.74) is 2.18. The quantitative estimate of drug-likeness (QED) is 0.665. The molecule has 0 unspecified atom stereocenters. The van der Waals surface area contributed by atoms with E-state index >= 15 is 0 Å². The fourth-order valence-electron chi connectivity index (χ4n) is 2.05. The van der Waals surface area contributed by atoms with Crippen molar-refractivity contribution in [3.05, 3.63) is 29.8 Å². The van der Waals surface area contributed by atoms with Crippen molar-refractivity contribution < 1.29 is 4.79 Å². The summed E-state index contributed by atoms with van der Waals surface area (Å²) in [6.45, 7) is 1.61. The van der Waals surface area contributed by atoms with Crippen LogP contribution in [0.15, 0.2) is 29.3 Å². The molecule has 0 spiro atoms. The molecule has 15 heavy (non-hydrogen) atoms. The van der Waals surface area contributed by atoms with Crippen molar-refractivity contribution in [2.24, 2.45) is 4.99 Å². The minimum atomic E-state index is 0.0191. The molecule has 2 aliphatic heterocycles. The maximum absolute atomic E-state index is 11.6. The average molecular weight is 201 g/mol. The molecule has 76 valence electrons. The van der Waals surface area contributed by atoms with E-state index in [0.717, 1.165) is 24.3 Å². The molecule has 0 aromatic heterocycles. The Morgan fingerprint density at radius 2 is 2.20 bits per heavy atom. The van der Waals surface area contributed by atoms with Gasteiger partial charge in [0.2, 0.25) is 11.9 Å². The van der Waals surface area contributed by atoms with Gasteiger partial charge in [-0.1, -0.05) is 18.2 Å². The maximum Gasteiger partial charge on any atom is 0.231 e. The van der Waals surface area contributed by atoms with Crippen molar-refractivity contribution in [2.75, 3.05) is 18.0 Å². The monoisotopic (exact) mass is 201 g/mol. The number of benzene rings is 1. The number of carbonyl (C=O) groups is 1. The van der Waals surface area contributed by atoms with Gasteiger partial charge in [-0.2, -0.15) is 0 Å². The highest BCUT2D eigenvalue weighted by molar-refractivity contribution is 6.09. The van der Waals surface area contributed by atoms with Crippen LogP contribution in [-0.4, -0.2) is 25.0 Å². The largest absolute Gasteiger partial charge is 0.310 e. The lowest BCUT2D eigenvalue weighted by atomic mass is 10.1. The van der Waals surface area contributed by atoms with E-state index in [9.17, 15) is 4.79 Å². The van der Waals surface area contributed by atoms with Crippen LogP contribution in [0.4, 0.5) is 5.69 Å². The first-order valence-electron chi connectivity index (χ1n) is 5.04. The maximum atomic E-state index is 11.6. The first-order chi connectivity index (χ1) is 7.34. The van der Waals surface area contributed by atoms with Gasteiger partial charge >= 0.3 is 0 Å². The number of nitrogens with zero attached hydrogens (tertiary/aromatic N) is 2. The molecule has 1 aromatic carbocycles. The van der Waals surface area contributed by atoms with Crippen LogP contribution in [0.5, 0.6) is 0 Å². The van der Waals surface area contributed by atoms with Crippen LogP contribution >= 0.6 is 0 Å². The third-order valence-corrected chi connectivity index (χ3v) is 2.73. The molecule has 0 aliphatic carbocycles. The van der Waals surface area contributed by atoms with Gasteiger partial charge in [-0.15, -0.1) is 0 Å². The Hall–Kier alpha value is -1.84. The Labute approximate surface area is 87.6 Å². The summed E-state index contributed by atoms with van der Waals surface area (Å²) in [5.74, 6) is 0.718. The fourth-order valence-corrected chi connectivity index (χ4v) is 2.05. The van der Waals surface area contributed by atoms with Crippen LogP contribution in [0.1, 0.15) is 5.56 Å². The zero-order chi connectivity index (χ0) is 10.3. The molecule has 1 aromatic rings. The molecule has 0 bridgehead atoms. The summed E-state index contributed by atoms with van der Waals surface area (Å²) < 4.78 is 0. The molecular formula is C11H11N3O. The highest BCUT2D eigenvalue weighted by Gasteiger charge is 2.26. The lowest BCUT2D eigenvalue weighted by Crippen LogP contribution is -2.39. The van der Waals surface area contributed by atoms with Crippen molar-refractivity contribution >= 4 is 17.6 Å². The van der Waals surface area contributed by atoms with E-state index in [2.05, 4.69) is 15.2 Å². The standard InChI is InChI=1S/C11H11N3O/c15-10-7-8-3-1-2-4-9(8)14-6-5-12-11(14)13-10/h1-4H,5-7H2,(H,12,13,15). The Kier molecular flexibility index (Phi) is 1.74. The number of fused-ring (bicyclic) bond motifs is 3. The van der Waals surface area contributed by atoms with Gasteiger partial charge < -0.3 is 4.90 Å². The zero-order valence-corrected chi connectivity index (χ0v) is 8.23. The number of carbonyl (C=O) groups excluding carboxylic acids is 1. The van der Waals surface area contributed by atoms with E-state index in [1.807, 2.05) is 24.3 Å². The van der Waals surface area contributed by atoms with Gasteiger partial charge in [-0.05, 0) is 11.6 Å². The molecule has 0 saturated heterocycles. The van der Waals surface area contributed by atoms with Crippen molar-refractivity contribution in [1.29, 1.82) is 0 Å². The van der Waals surface area contributed by atoms with Crippen LogP contribution in [0, 0.1) is 0 Å². The zero-order valence-electron chi connectivity index (χ0n) is 8.23. The Bertz CT molecular complexity index is 453. The Balaban J connectivity index is 2.14. The Morgan fingerprint density at radius 3 is 3.13 bits per heavy atom. The van der Waals surface area contributed by atoms with Crippen LogP contribution in [-0.2, 0) is 11.2 Å². The number of hydrogen-bond acceptors (Lipinski definition) is 3. The molecule has 0 fully saturated rings. The minimum Gasteiger partial charge on any atom is -0.310 e. The molecule has 2 aliphatic rings. The molecule has 1 N–H and O–H groups in total. The first kappa shape index (κ1) is 8.47. The van der Waals surface area contributed by atoms with Gasteiger partial charge in [0.15, 0.2) is 0 Å². The second kappa shape index (κ2) is 3.08. The topological polar surface area (TPSA) is 44.7 Å². The number of guanidine groups is 1. The lowest BCUT2D eigenvalue weighted by Gasteiger charge is -2.19. The first-order valence-corrected chi connectivity index (χ1v) is 5.04. The van der Waals surface area contributed by atoms with Crippen molar-refractivity contribution in [3.63, 3.8) is 0 Å². The van der Waals surface area contributed by atoms with E-state index < -0.39 is 0 Å². The fraction of sp³-hybridized carbons (Fsp3) is 0.273. The van der Waals surface area contributed by atoms with Crippen molar-refractivity contribution in [3.8, 4) is 0 Å². The number of hydrogen-bond donors (Lipinski definition) is 1. The van der Waals surface area contributed by atoms with Crippen molar-refractivity contribution in [1.82, 2.24) is 5.32 Å². The van der Waals surface area contributed by atoms with Crippen LogP contribution in [0.3, 0.4) is 0 Å². The second-order valence-corrected chi connectivity index (χ2v) is 3.71. The van der Waals surface area contributed by atoms with Gasteiger partial charge in [0.1, 0.15) is 0 Å². The molecule has 1 amide bonds.